The van der Waals surface area contributed by atoms with Gasteiger partial charge in [-0.15, -0.1) is 0 Å². The van der Waals surface area contributed by atoms with Crippen LogP contribution in [0.4, 0.5) is 4.39 Å². The first-order chi connectivity index (χ1) is 6.52. The third-order valence-corrected chi connectivity index (χ3v) is 2.04. The van der Waals surface area contributed by atoms with E-state index in [9.17, 15) is 14.3 Å². The molecule has 0 bridgehead atoms. The lowest BCUT2D eigenvalue weighted by atomic mass is 10.0. The Balaban J connectivity index is 2.95. The number of hydrogen-bond donors (Lipinski definition) is 2. The molecule has 1 rings (SSSR count). The summed E-state index contributed by atoms with van der Waals surface area (Å²) >= 11 is 0. The Morgan fingerprint density at radius 3 is 2.79 bits per heavy atom. The minimum atomic E-state index is -1.15. The van der Waals surface area contributed by atoms with E-state index in [4.69, 9.17) is 5.11 Å². The second kappa shape index (κ2) is 4.19. The van der Waals surface area contributed by atoms with E-state index in [0.29, 0.717) is 11.1 Å². The van der Waals surface area contributed by atoms with Gasteiger partial charge in [0.2, 0.25) is 0 Å². The number of halogens is 1. The normalized spacial score (nSPS) is 12.5. The molecule has 0 aromatic heterocycles. The molecule has 0 radical (unpaired) electrons. The highest BCUT2D eigenvalue weighted by atomic mass is 19.1. The average Bonchev–Trinajstić information content (AvgIpc) is 2.08. The first-order valence-electron chi connectivity index (χ1n) is 4.17. The zero-order valence-corrected chi connectivity index (χ0v) is 7.70. The molecule has 4 heteroatoms. The predicted molar refractivity (Wildman–Crippen MR) is 48.3 cm³/mol. The lowest BCUT2D eigenvalue weighted by molar-refractivity contribution is -0.139. The number of aliphatic carboxylic acids is 1. The maximum Gasteiger partial charge on any atom is 0.306 e. The zero-order valence-electron chi connectivity index (χ0n) is 7.70. The van der Waals surface area contributed by atoms with Gasteiger partial charge in [0.25, 0.3) is 0 Å². The molecule has 0 saturated heterocycles. The van der Waals surface area contributed by atoms with Gasteiger partial charge < -0.3 is 10.2 Å². The highest BCUT2D eigenvalue weighted by Crippen LogP contribution is 2.22. The fourth-order valence-corrected chi connectivity index (χ4v) is 1.26. The summed E-state index contributed by atoms with van der Waals surface area (Å²) in [5.74, 6) is -1.55. The molecule has 14 heavy (non-hydrogen) atoms. The summed E-state index contributed by atoms with van der Waals surface area (Å²) in [4.78, 5) is 10.3. The van der Waals surface area contributed by atoms with Crippen molar-refractivity contribution < 1.29 is 19.4 Å². The number of benzene rings is 1. The van der Waals surface area contributed by atoms with Crippen molar-refractivity contribution in [2.75, 3.05) is 0 Å². The van der Waals surface area contributed by atoms with E-state index < -0.39 is 24.3 Å². The molecule has 3 nitrogen and oxygen atoms in total. The summed E-state index contributed by atoms with van der Waals surface area (Å²) in [6, 6.07) is 4.24. The molecule has 76 valence electrons. The Hall–Kier alpha value is -1.42. The van der Waals surface area contributed by atoms with Crippen molar-refractivity contribution in [2.24, 2.45) is 0 Å². The molecule has 0 saturated carbocycles. The van der Waals surface area contributed by atoms with E-state index >= 15 is 0 Å². The number of aliphatic hydroxyl groups is 1. The zero-order chi connectivity index (χ0) is 10.7. The summed E-state index contributed by atoms with van der Waals surface area (Å²) in [5.41, 5.74) is 0.619. The Labute approximate surface area is 80.8 Å². The second-order valence-electron chi connectivity index (χ2n) is 3.07. The maximum absolute atomic E-state index is 13.0. The van der Waals surface area contributed by atoms with E-state index in [1.807, 2.05) is 0 Å². The molecule has 0 aliphatic heterocycles. The van der Waals surface area contributed by atoms with Crippen LogP contribution in [0.25, 0.3) is 0 Å². The molecule has 1 aromatic carbocycles. The molecule has 0 fully saturated rings. The van der Waals surface area contributed by atoms with Gasteiger partial charge in [0.15, 0.2) is 0 Å². The van der Waals surface area contributed by atoms with Crippen molar-refractivity contribution in [3.8, 4) is 0 Å². The minimum absolute atomic E-state index is 0.293. The van der Waals surface area contributed by atoms with Crippen molar-refractivity contribution in [1.82, 2.24) is 0 Å². The Bertz CT molecular complexity index is 349. The number of hydrogen-bond acceptors (Lipinski definition) is 2. The third-order valence-electron chi connectivity index (χ3n) is 2.04. The van der Waals surface area contributed by atoms with Crippen molar-refractivity contribution in [3.05, 3.63) is 35.1 Å². The van der Waals surface area contributed by atoms with Crippen LogP contribution in [0.15, 0.2) is 18.2 Å². The Kier molecular flexibility index (Phi) is 3.19. The van der Waals surface area contributed by atoms with Crippen LogP contribution in [0.5, 0.6) is 0 Å². The molecule has 0 aliphatic rings. The summed E-state index contributed by atoms with van der Waals surface area (Å²) in [6.45, 7) is 1.51. The van der Waals surface area contributed by atoms with Crippen molar-refractivity contribution >= 4 is 5.97 Å². The van der Waals surface area contributed by atoms with Crippen LogP contribution in [0.2, 0.25) is 0 Å². The summed E-state index contributed by atoms with van der Waals surface area (Å²) < 4.78 is 13.0. The predicted octanol–water partition coefficient (Wildman–Crippen LogP) is 1.64. The van der Waals surface area contributed by atoms with Gasteiger partial charge >= 0.3 is 5.97 Å². The van der Waals surface area contributed by atoms with Gasteiger partial charge in [0.1, 0.15) is 5.82 Å². The van der Waals surface area contributed by atoms with Crippen LogP contribution in [-0.2, 0) is 4.79 Å². The fraction of sp³-hybridized carbons (Fsp3) is 0.300. The van der Waals surface area contributed by atoms with Gasteiger partial charge in [-0.05, 0) is 24.1 Å². The van der Waals surface area contributed by atoms with E-state index in [0.717, 1.165) is 0 Å². The first kappa shape index (κ1) is 10.7. The van der Waals surface area contributed by atoms with Gasteiger partial charge in [-0.25, -0.2) is 4.39 Å². The average molecular weight is 198 g/mol. The smallest absolute Gasteiger partial charge is 0.306 e. The van der Waals surface area contributed by atoms with E-state index in [1.54, 1.807) is 0 Å². The van der Waals surface area contributed by atoms with Gasteiger partial charge in [0, 0.05) is 0 Å². The first-order valence-corrected chi connectivity index (χ1v) is 4.17. The Morgan fingerprint density at radius 2 is 2.21 bits per heavy atom. The molecule has 2 N–H and O–H groups in total. The highest BCUT2D eigenvalue weighted by molar-refractivity contribution is 5.67. The molecular formula is C10H11FO3. The van der Waals surface area contributed by atoms with Crippen LogP contribution in [-0.4, -0.2) is 16.2 Å². The quantitative estimate of drug-likeness (QED) is 0.776. The number of carboxylic acid groups (broad SMARTS) is 1. The van der Waals surface area contributed by atoms with E-state index in [1.165, 1.54) is 25.1 Å². The van der Waals surface area contributed by atoms with Crippen LogP contribution in [0.3, 0.4) is 0 Å². The summed E-state index contributed by atoms with van der Waals surface area (Å²) in [7, 11) is 0. The van der Waals surface area contributed by atoms with E-state index in [2.05, 4.69) is 0 Å². The van der Waals surface area contributed by atoms with Crippen LogP contribution in [0.1, 0.15) is 23.7 Å². The van der Waals surface area contributed by atoms with Crippen LogP contribution >= 0.6 is 0 Å². The molecular weight excluding hydrogens is 187 g/mol. The minimum Gasteiger partial charge on any atom is -0.481 e. The third kappa shape index (κ3) is 2.29. The Morgan fingerprint density at radius 1 is 1.57 bits per heavy atom. The number of aliphatic hydroxyl groups excluding tert-OH is 1. The van der Waals surface area contributed by atoms with Gasteiger partial charge in [-0.2, -0.15) is 0 Å². The lowest BCUT2D eigenvalue weighted by Crippen LogP contribution is -2.07. The number of rotatable bonds is 3. The fourth-order valence-electron chi connectivity index (χ4n) is 1.26. The molecule has 0 spiro atoms. The maximum atomic E-state index is 13.0. The number of carboxylic acids is 1. The van der Waals surface area contributed by atoms with Crippen LogP contribution < -0.4 is 0 Å². The lowest BCUT2D eigenvalue weighted by Gasteiger charge is -2.11. The molecule has 0 heterocycles. The SMILES string of the molecule is Cc1c(F)cccc1[C@@H](O)CC(=O)O. The standard InChI is InChI=1S/C10H11FO3/c1-6-7(3-2-4-8(6)11)9(12)5-10(13)14/h2-4,9,12H,5H2,1H3,(H,13,14)/t9-/m0/s1. The largest absolute Gasteiger partial charge is 0.481 e. The van der Waals surface area contributed by atoms with E-state index in [-0.39, 0.29) is 0 Å². The molecule has 0 unspecified atom stereocenters. The highest BCUT2D eigenvalue weighted by Gasteiger charge is 2.15. The van der Waals surface area contributed by atoms with Gasteiger partial charge in [-0.1, -0.05) is 12.1 Å². The molecule has 0 amide bonds. The van der Waals surface area contributed by atoms with Crippen LogP contribution in [0, 0.1) is 12.7 Å². The van der Waals surface area contributed by atoms with Crippen molar-refractivity contribution in [2.45, 2.75) is 19.4 Å². The second-order valence-corrected chi connectivity index (χ2v) is 3.07. The molecule has 1 aromatic rings. The topological polar surface area (TPSA) is 57.5 Å². The molecule has 1 atom stereocenters. The number of carbonyl (C=O) groups is 1. The van der Waals surface area contributed by atoms with Crippen molar-refractivity contribution in [1.29, 1.82) is 0 Å². The summed E-state index contributed by atoms with van der Waals surface area (Å²) in [5, 5.41) is 17.9. The molecule has 0 aliphatic carbocycles. The summed E-state index contributed by atoms with van der Waals surface area (Å²) in [6.07, 6.45) is -1.56. The monoisotopic (exact) mass is 198 g/mol. The van der Waals surface area contributed by atoms with Crippen molar-refractivity contribution in [3.63, 3.8) is 0 Å². The van der Waals surface area contributed by atoms with Gasteiger partial charge in [0.05, 0.1) is 12.5 Å². The van der Waals surface area contributed by atoms with Gasteiger partial charge in [-0.3, -0.25) is 4.79 Å².